The molecule has 1 heterocycles. The van der Waals surface area contributed by atoms with Crippen LogP contribution in [0.1, 0.15) is 50.7 Å². The van der Waals surface area contributed by atoms with Crippen molar-refractivity contribution in [2.24, 2.45) is 5.92 Å². The van der Waals surface area contributed by atoms with Gasteiger partial charge in [-0.1, -0.05) is 38.5 Å². The molecule has 9 nitrogen and oxygen atoms in total. The molecule has 6 atom stereocenters. The lowest BCUT2D eigenvalue weighted by molar-refractivity contribution is -0.151. The Morgan fingerprint density at radius 2 is 2.03 bits per heavy atom. The van der Waals surface area contributed by atoms with Crippen molar-refractivity contribution in [3.63, 3.8) is 0 Å². The Morgan fingerprint density at radius 1 is 1.31 bits per heavy atom. The van der Waals surface area contributed by atoms with Gasteiger partial charge in [-0.2, -0.15) is 5.26 Å². The Morgan fingerprint density at radius 3 is 2.67 bits per heavy atom. The number of ether oxygens (including phenoxy) is 1. The van der Waals surface area contributed by atoms with Crippen molar-refractivity contribution >= 4 is 11.8 Å². The van der Waals surface area contributed by atoms with E-state index >= 15 is 0 Å². The van der Waals surface area contributed by atoms with Gasteiger partial charge in [0.2, 0.25) is 5.91 Å². The molecule has 4 N–H and O–H groups in total. The Labute approximate surface area is 211 Å². The minimum atomic E-state index is -1.74. The first-order valence-electron chi connectivity index (χ1n) is 12.2. The fraction of sp³-hybridized carbons (Fsp3) is 0.577. The van der Waals surface area contributed by atoms with Crippen molar-refractivity contribution in [3.05, 3.63) is 47.3 Å². The zero-order valence-corrected chi connectivity index (χ0v) is 20.9. The van der Waals surface area contributed by atoms with Crippen LogP contribution < -0.4 is 5.32 Å². The van der Waals surface area contributed by atoms with Gasteiger partial charge in [0, 0.05) is 20.2 Å². The van der Waals surface area contributed by atoms with Crippen LogP contribution in [0.3, 0.4) is 0 Å². The van der Waals surface area contributed by atoms with Crippen LogP contribution in [-0.4, -0.2) is 76.1 Å². The summed E-state index contributed by atoms with van der Waals surface area (Å²) in [5, 5.41) is 42.7. The van der Waals surface area contributed by atoms with Crippen molar-refractivity contribution < 1.29 is 34.0 Å². The number of nitrogens with zero attached hydrogens (tertiary/aromatic N) is 2. The molecular weight excluding hydrogens is 469 g/mol. The van der Waals surface area contributed by atoms with Crippen LogP contribution in [-0.2, 0) is 20.9 Å². The van der Waals surface area contributed by atoms with E-state index in [1.807, 2.05) is 13.8 Å². The summed E-state index contributed by atoms with van der Waals surface area (Å²) in [6.45, 7) is 4.47. The van der Waals surface area contributed by atoms with Crippen molar-refractivity contribution in [1.82, 2.24) is 10.2 Å². The summed E-state index contributed by atoms with van der Waals surface area (Å²) in [6, 6.07) is 4.95. The number of benzene rings is 1. The molecule has 1 saturated heterocycles. The molecule has 10 heteroatoms. The largest absolute Gasteiger partial charge is 0.387 e. The second-order valence-electron chi connectivity index (χ2n) is 9.14. The molecule has 1 aliphatic rings. The van der Waals surface area contributed by atoms with Crippen molar-refractivity contribution in [1.29, 1.82) is 5.26 Å². The quantitative estimate of drug-likeness (QED) is 0.333. The highest BCUT2D eigenvalue weighted by molar-refractivity contribution is 5.89. The number of methoxy groups -OCH3 is 1. The molecule has 1 fully saturated rings. The van der Waals surface area contributed by atoms with Crippen LogP contribution in [0.4, 0.5) is 4.39 Å². The maximum atomic E-state index is 13.7. The van der Waals surface area contributed by atoms with E-state index in [0.29, 0.717) is 31.4 Å². The maximum absolute atomic E-state index is 13.7. The number of nitriles is 1. The lowest BCUT2D eigenvalue weighted by atomic mass is 9.99. The van der Waals surface area contributed by atoms with E-state index in [0.717, 1.165) is 6.42 Å². The summed E-state index contributed by atoms with van der Waals surface area (Å²) in [7, 11) is 1.18. The minimum Gasteiger partial charge on any atom is -0.387 e. The van der Waals surface area contributed by atoms with Gasteiger partial charge in [0.15, 0.2) is 6.10 Å². The molecule has 1 aromatic carbocycles. The van der Waals surface area contributed by atoms with Gasteiger partial charge in [-0.3, -0.25) is 9.59 Å². The SMILES string of the molecule is CCC(C)C=C[C@@H](O)[C@H](O)[C@@H](O)[C@@H](OC)C(=O)N[C@H]1CCCCN(Cc2ccc(F)c(C#N)c2)C1=O. The van der Waals surface area contributed by atoms with Gasteiger partial charge >= 0.3 is 0 Å². The number of aliphatic hydroxyl groups excluding tert-OH is 3. The second kappa shape index (κ2) is 14.0. The first-order chi connectivity index (χ1) is 17.1. The molecule has 0 saturated carbocycles. The van der Waals surface area contributed by atoms with Gasteiger partial charge in [0.1, 0.15) is 36.2 Å². The van der Waals surface area contributed by atoms with Crippen LogP contribution in [0.15, 0.2) is 30.4 Å². The Balaban J connectivity index is 2.08. The summed E-state index contributed by atoms with van der Waals surface area (Å²) in [5.74, 6) is -1.63. The van der Waals surface area contributed by atoms with Gasteiger partial charge in [-0.05, 0) is 42.9 Å². The summed E-state index contributed by atoms with van der Waals surface area (Å²) in [6.07, 6.45) is -0.747. The maximum Gasteiger partial charge on any atom is 0.252 e. The van der Waals surface area contributed by atoms with E-state index in [4.69, 9.17) is 10.00 Å². The Hall–Kier alpha value is -2.84. The number of likely N-dealkylation sites (tertiary alicyclic amines) is 1. The number of hydrogen-bond acceptors (Lipinski definition) is 7. The molecule has 1 aromatic rings. The Kier molecular flexibility index (Phi) is 11.5. The first kappa shape index (κ1) is 29.4. The molecule has 0 aliphatic carbocycles. The third-order valence-electron chi connectivity index (χ3n) is 6.42. The molecule has 36 heavy (non-hydrogen) atoms. The molecule has 0 bridgehead atoms. The fourth-order valence-electron chi connectivity index (χ4n) is 3.96. The van der Waals surface area contributed by atoms with Gasteiger partial charge in [-0.15, -0.1) is 0 Å². The predicted molar refractivity (Wildman–Crippen MR) is 130 cm³/mol. The summed E-state index contributed by atoms with van der Waals surface area (Å²) in [5.41, 5.74) is 0.470. The average Bonchev–Trinajstić information content (AvgIpc) is 3.04. The van der Waals surface area contributed by atoms with Crippen LogP contribution >= 0.6 is 0 Å². The van der Waals surface area contributed by atoms with Crippen molar-refractivity contribution in [2.75, 3.05) is 13.7 Å². The van der Waals surface area contributed by atoms with Crippen LogP contribution in [0.5, 0.6) is 0 Å². The number of amides is 2. The Bertz CT molecular complexity index is 965. The van der Waals surface area contributed by atoms with Gasteiger partial charge in [0.25, 0.3) is 5.91 Å². The minimum absolute atomic E-state index is 0.115. The molecule has 1 aliphatic heterocycles. The summed E-state index contributed by atoms with van der Waals surface area (Å²) >= 11 is 0. The zero-order valence-electron chi connectivity index (χ0n) is 20.9. The number of nitrogens with one attached hydrogen (secondary N) is 1. The van der Waals surface area contributed by atoms with Gasteiger partial charge in [0.05, 0.1) is 5.56 Å². The van der Waals surface area contributed by atoms with Crippen molar-refractivity contribution in [3.8, 4) is 6.07 Å². The number of allylic oxidation sites excluding steroid dienone is 1. The summed E-state index contributed by atoms with van der Waals surface area (Å²) in [4.78, 5) is 27.6. The number of carbonyl (C=O) groups is 2. The van der Waals surface area contributed by atoms with Crippen molar-refractivity contribution in [2.45, 2.75) is 76.5 Å². The molecular formula is C26H36FN3O6. The summed E-state index contributed by atoms with van der Waals surface area (Å²) < 4.78 is 18.8. The van der Waals surface area contributed by atoms with Crippen LogP contribution in [0.2, 0.25) is 0 Å². The highest BCUT2D eigenvalue weighted by Gasteiger charge is 2.37. The smallest absolute Gasteiger partial charge is 0.252 e. The number of hydrogen-bond donors (Lipinski definition) is 4. The van der Waals surface area contributed by atoms with E-state index in [9.17, 15) is 29.3 Å². The molecule has 1 unspecified atom stereocenters. The monoisotopic (exact) mass is 505 g/mol. The van der Waals surface area contributed by atoms with Gasteiger partial charge < -0.3 is 30.3 Å². The first-order valence-corrected chi connectivity index (χ1v) is 12.2. The van der Waals surface area contributed by atoms with E-state index in [2.05, 4.69) is 5.32 Å². The number of rotatable bonds is 11. The number of carbonyl (C=O) groups excluding carboxylic acids is 2. The van der Waals surface area contributed by atoms with Gasteiger partial charge in [-0.25, -0.2) is 4.39 Å². The predicted octanol–water partition coefficient (Wildman–Crippen LogP) is 1.39. The van der Waals surface area contributed by atoms with E-state index < -0.39 is 42.2 Å². The molecule has 0 spiro atoms. The standard InChI is InChI=1S/C26H36FN3O6/c1-4-16(2)8-11-21(31)22(32)23(33)24(36-3)25(34)29-20-7-5-6-12-30(26(20)35)15-17-9-10-19(27)18(13-17)14-28/h8-11,13,16,20-24,31-33H,4-7,12,15H2,1-3H3,(H,29,34)/t16?,20-,21+,22-,23+,24+/m0/s1. The normalized spacial score (nSPS) is 20.8. The average molecular weight is 506 g/mol. The molecule has 0 radical (unpaired) electrons. The lowest BCUT2D eigenvalue weighted by Gasteiger charge is -2.29. The van der Waals surface area contributed by atoms with E-state index in [1.54, 1.807) is 12.1 Å². The second-order valence-corrected chi connectivity index (χ2v) is 9.14. The van der Waals surface area contributed by atoms with E-state index in [-0.39, 0.29) is 23.9 Å². The molecule has 2 rings (SSSR count). The van der Waals surface area contributed by atoms with E-state index in [1.165, 1.54) is 36.3 Å². The number of aliphatic hydroxyl groups is 3. The topological polar surface area (TPSA) is 143 Å². The highest BCUT2D eigenvalue weighted by atomic mass is 19.1. The fourth-order valence-corrected chi connectivity index (χ4v) is 3.96. The lowest BCUT2D eigenvalue weighted by Crippen LogP contribution is -2.55. The highest BCUT2D eigenvalue weighted by Crippen LogP contribution is 2.18. The van der Waals surface area contributed by atoms with Crippen LogP contribution in [0, 0.1) is 23.1 Å². The zero-order chi connectivity index (χ0) is 26.8. The third-order valence-corrected chi connectivity index (χ3v) is 6.42. The molecule has 2 amide bonds. The number of halogens is 1. The molecule has 0 aromatic heterocycles. The third kappa shape index (κ3) is 7.83. The van der Waals surface area contributed by atoms with Crippen LogP contribution in [0.25, 0.3) is 0 Å². The molecule has 198 valence electrons.